The average Bonchev–Trinajstić information content (AvgIpc) is 2.79. The van der Waals surface area contributed by atoms with Crippen LogP contribution in [-0.2, 0) is 10.0 Å². The number of aromatic amines is 1. The number of rotatable bonds is 5. The lowest BCUT2D eigenvalue weighted by molar-refractivity contribution is 0.0709. The van der Waals surface area contributed by atoms with Gasteiger partial charge in [-0.3, -0.25) is 9.59 Å². The highest BCUT2D eigenvalue weighted by Crippen LogP contribution is 2.19. The van der Waals surface area contributed by atoms with Crippen molar-refractivity contribution in [2.45, 2.75) is 30.7 Å². The summed E-state index contributed by atoms with van der Waals surface area (Å²) in [5.74, 6) is -0.894. The van der Waals surface area contributed by atoms with Crippen LogP contribution in [-0.4, -0.2) is 43.3 Å². The highest BCUT2D eigenvalue weighted by atomic mass is 32.2. The number of amides is 1. The summed E-state index contributed by atoms with van der Waals surface area (Å²) in [6.07, 6.45) is 0.816. The summed E-state index contributed by atoms with van der Waals surface area (Å²) in [7, 11) is -3.78. The summed E-state index contributed by atoms with van der Waals surface area (Å²) < 4.78 is 40.7. The summed E-state index contributed by atoms with van der Waals surface area (Å²) in [6, 6.07) is 15.2. The van der Waals surface area contributed by atoms with E-state index in [4.69, 9.17) is 0 Å². The molecule has 33 heavy (non-hydrogen) atoms. The van der Waals surface area contributed by atoms with Crippen LogP contribution in [0.2, 0.25) is 0 Å². The highest BCUT2D eigenvalue weighted by Gasteiger charge is 2.28. The summed E-state index contributed by atoms with van der Waals surface area (Å²) in [6.45, 7) is 2.59. The number of hydrogen-bond donors (Lipinski definition) is 2. The quantitative estimate of drug-likeness (QED) is 0.600. The molecule has 2 heterocycles. The monoisotopic (exact) mass is 469 g/mol. The standard InChI is InChI=1S/C24H24FN3O4S/c1-16-3-2-4-17(15-16)22-10-9-21(23(29)26-22)24(30)28-13-11-19(12-14-28)27-33(31,32)20-7-5-18(25)6-8-20/h2-10,15,19,27H,11-14H2,1H3,(H,26,29). The molecular formula is C24H24FN3O4S. The molecule has 0 saturated carbocycles. The van der Waals surface area contributed by atoms with Crippen molar-refractivity contribution in [3.05, 3.63) is 88.0 Å². The minimum absolute atomic E-state index is 0.0114. The van der Waals surface area contributed by atoms with Gasteiger partial charge < -0.3 is 9.88 Å². The first-order chi connectivity index (χ1) is 15.7. The zero-order chi connectivity index (χ0) is 23.6. The zero-order valence-corrected chi connectivity index (χ0v) is 18.9. The smallest absolute Gasteiger partial charge is 0.261 e. The van der Waals surface area contributed by atoms with Crippen molar-refractivity contribution in [3.63, 3.8) is 0 Å². The van der Waals surface area contributed by atoms with Crippen LogP contribution >= 0.6 is 0 Å². The maximum Gasteiger partial charge on any atom is 0.261 e. The van der Waals surface area contributed by atoms with Crippen LogP contribution in [0.1, 0.15) is 28.8 Å². The lowest BCUT2D eigenvalue weighted by Gasteiger charge is -2.32. The molecular weight excluding hydrogens is 445 g/mol. The van der Waals surface area contributed by atoms with Gasteiger partial charge >= 0.3 is 0 Å². The largest absolute Gasteiger partial charge is 0.338 e. The highest BCUT2D eigenvalue weighted by molar-refractivity contribution is 7.89. The number of benzene rings is 2. The second-order valence-electron chi connectivity index (χ2n) is 8.13. The fourth-order valence-corrected chi connectivity index (χ4v) is 5.20. The van der Waals surface area contributed by atoms with Crippen molar-refractivity contribution in [2.24, 2.45) is 0 Å². The Hall–Kier alpha value is -3.30. The van der Waals surface area contributed by atoms with Crippen molar-refractivity contribution < 1.29 is 17.6 Å². The summed E-state index contributed by atoms with van der Waals surface area (Å²) in [4.78, 5) is 29.8. The minimum Gasteiger partial charge on any atom is -0.338 e. The molecule has 0 unspecified atom stereocenters. The van der Waals surface area contributed by atoms with E-state index in [9.17, 15) is 22.4 Å². The van der Waals surface area contributed by atoms with Gasteiger partial charge in [0.15, 0.2) is 0 Å². The number of aromatic nitrogens is 1. The first kappa shape index (κ1) is 22.9. The van der Waals surface area contributed by atoms with E-state index < -0.39 is 21.4 Å². The second kappa shape index (κ2) is 9.29. The Balaban J connectivity index is 1.40. The minimum atomic E-state index is -3.78. The predicted octanol–water partition coefficient (Wildman–Crippen LogP) is 3.07. The number of carbonyl (C=O) groups excluding carboxylic acids is 1. The van der Waals surface area contributed by atoms with Gasteiger partial charge in [0, 0.05) is 24.8 Å². The van der Waals surface area contributed by atoms with Gasteiger partial charge in [0.05, 0.1) is 4.90 Å². The summed E-state index contributed by atoms with van der Waals surface area (Å²) >= 11 is 0. The van der Waals surface area contributed by atoms with Crippen LogP contribution in [0.4, 0.5) is 4.39 Å². The van der Waals surface area contributed by atoms with Crippen LogP contribution in [0.5, 0.6) is 0 Å². The lowest BCUT2D eigenvalue weighted by atomic mass is 10.0. The SMILES string of the molecule is Cc1cccc(-c2ccc(C(=O)N3CCC(NS(=O)(=O)c4ccc(F)cc4)CC3)c(=O)[nH]2)c1. The number of likely N-dealkylation sites (tertiary alicyclic amines) is 1. The van der Waals surface area contributed by atoms with Gasteiger partial charge in [-0.1, -0.05) is 23.8 Å². The number of sulfonamides is 1. The Bertz CT molecular complexity index is 1330. The van der Waals surface area contributed by atoms with Crippen molar-refractivity contribution in [1.29, 1.82) is 0 Å². The third-order valence-corrected chi connectivity index (χ3v) is 7.23. The normalized spacial score (nSPS) is 14.9. The van der Waals surface area contributed by atoms with Crippen LogP contribution in [0.3, 0.4) is 0 Å². The first-order valence-electron chi connectivity index (χ1n) is 10.6. The molecule has 1 aliphatic rings. The number of aryl methyl sites for hydroxylation is 1. The Morgan fingerprint density at radius 3 is 2.39 bits per heavy atom. The van der Waals surface area contributed by atoms with Gasteiger partial charge in [0.25, 0.3) is 11.5 Å². The van der Waals surface area contributed by atoms with Gasteiger partial charge in [0.1, 0.15) is 11.4 Å². The molecule has 9 heteroatoms. The fourth-order valence-electron chi connectivity index (χ4n) is 3.90. The van der Waals surface area contributed by atoms with Crippen LogP contribution in [0.25, 0.3) is 11.3 Å². The van der Waals surface area contributed by atoms with Crippen LogP contribution in [0, 0.1) is 12.7 Å². The number of nitrogens with one attached hydrogen (secondary N) is 2. The molecule has 3 aromatic rings. The molecule has 1 aliphatic heterocycles. The predicted molar refractivity (Wildman–Crippen MR) is 123 cm³/mol. The van der Waals surface area contributed by atoms with E-state index in [0.29, 0.717) is 31.6 Å². The summed E-state index contributed by atoms with van der Waals surface area (Å²) in [5.41, 5.74) is 2.15. The van der Waals surface area contributed by atoms with Gasteiger partial charge in [-0.2, -0.15) is 0 Å². The van der Waals surface area contributed by atoms with E-state index in [1.54, 1.807) is 11.0 Å². The Morgan fingerprint density at radius 2 is 1.76 bits per heavy atom. The molecule has 0 atom stereocenters. The number of nitrogens with zero attached hydrogens (tertiary/aromatic N) is 1. The van der Waals surface area contributed by atoms with E-state index in [-0.39, 0.29) is 22.4 Å². The van der Waals surface area contributed by atoms with Crippen LogP contribution < -0.4 is 10.3 Å². The molecule has 0 spiro atoms. The molecule has 0 aliphatic carbocycles. The van der Waals surface area contributed by atoms with Crippen molar-refractivity contribution in [1.82, 2.24) is 14.6 Å². The zero-order valence-electron chi connectivity index (χ0n) is 18.0. The lowest BCUT2D eigenvalue weighted by Crippen LogP contribution is -2.47. The van der Waals surface area contributed by atoms with Crippen molar-refractivity contribution in [3.8, 4) is 11.3 Å². The number of carbonyl (C=O) groups is 1. The molecule has 1 saturated heterocycles. The Labute approximate surface area is 191 Å². The molecule has 4 rings (SSSR count). The molecule has 1 amide bonds. The maximum absolute atomic E-state index is 13.1. The Morgan fingerprint density at radius 1 is 1.06 bits per heavy atom. The van der Waals surface area contributed by atoms with E-state index in [1.165, 1.54) is 18.2 Å². The third kappa shape index (κ3) is 5.20. The average molecular weight is 470 g/mol. The maximum atomic E-state index is 13.1. The molecule has 2 N–H and O–H groups in total. The van der Waals surface area contributed by atoms with Crippen molar-refractivity contribution >= 4 is 15.9 Å². The van der Waals surface area contributed by atoms with Gasteiger partial charge in [-0.15, -0.1) is 0 Å². The van der Waals surface area contributed by atoms with Gasteiger partial charge in [0.2, 0.25) is 10.0 Å². The fraction of sp³-hybridized carbons (Fsp3) is 0.250. The Kier molecular flexibility index (Phi) is 6.44. The van der Waals surface area contributed by atoms with Crippen molar-refractivity contribution in [2.75, 3.05) is 13.1 Å². The number of pyridine rings is 1. The molecule has 172 valence electrons. The summed E-state index contributed by atoms with van der Waals surface area (Å²) in [5, 5.41) is 0. The number of piperidine rings is 1. The van der Waals surface area contributed by atoms with E-state index in [1.807, 2.05) is 31.2 Å². The molecule has 1 fully saturated rings. The third-order valence-electron chi connectivity index (χ3n) is 5.70. The molecule has 0 bridgehead atoms. The van der Waals surface area contributed by atoms with E-state index in [2.05, 4.69) is 9.71 Å². The molecule has 7 nitrogen and oxygen atoms in total. The molecule has 1 aromatic heterocycles. The number of hydrogen-bond acceptors (Lipinski definition) is 4. The van der Waals surface area contributed by atoms with Crippen LogP contribution in [0.15, 0.2) is 70.4 Å². The van der Waals surface area contributed by atoms with E-state index >= 15 is 0 Å². The second-order valence-corrected chi connectivity index (χ2v) is 9.84. The topological polar surface area (TPSA) is 99.3 Å². The first-order valence-corrected chi connectivity index (χ1v) is 12.1. The van der Waals surface area contributed by atoms with Gasteiger partial charge in [-0.05, 0) is 67.8 Å². The molecule has 0 radical (unpaired) electrons. The molecule has 2 aromatic carbocycles. The number of H-pyrrole nitrogens is 1. The van der Waals surface area contributed by atoms with E-state index in [0.717, 1.165) is 23.3 Å². The van der Waals surface area contributed by atoms with Gasteiger partial charge in [-0.25, -0.2) is 17.5 Å². The number of halogens is 1.